The normalized spacial score (nSPS) is 11.9. The van der Waals surface area contributed by atoms with E-state index in [4.69, 9.17) is 33.0 Å². The molecule has 0 fully saturated rings. The Hall–Kier alpha value is -3.38. The second-order valence-electron chi connectivity index (χ2n) is 10.4. The second-order valence-corrected chi connectivity index (χ2v) is 14.2. The largest absolute Gasteiger partial charge is 0.495 e. The average Bonchev–Trinajstić information content (AvgIpc) is 3.40. The highest BCUT2D eigenvalue weighted by Gasteiger charge is 2.30. The first kappa shape index (κ1) is 33.5. The number of rotatable bonds is 13. The van der Waals surface area contributed by atoms with Crippen molar-refractivity contribution in [1.29, 1.82) is 0 Å². The van der Waals surface area contributed by atoms with E-state index < -0.39 is 39.2 Å². The molecule has 8 nitrogen and oxygen atoms in total. The lowest BCUT2D eigenvalue weighted by Gasteiger charge is -2.28. The molecule has 0 bridgehead atoms. The van der Waals surface area contributed by atoms with Gasteiger partial charge in [0, 0.05) is 28.3 Å². The maximum atomic E-state index is 13.9. The molecule has 4 rings (SSSR count). The van der Waals surface area contributed by atoms with Gasteiger partial charge in [-0.1, -0.05) is 60.9 Å². The van der Waals surface area contributed by atoms with Crippen molar-refractivity contribution in [2.75, 3.05) is 12.9 Å². The van der Waals surface area contributed by atoms with Crippen molar-refractivity contribution in [2.45, 2.75) is 47.9 Å². The van der Waals surface area contributed by atoms with Crippen molar-refractivity contribution in [1.82, 2.24) is 9.55 Å². The van der Waals surface area contributed by atoms with Crippen LogP contribution in [0.1, 0.15) is 43.5 Å². The van der Waals surface area contributed by atoms with Crippen molar-refractivity contribution in [3.8, 4) is 11.4 Å². The number of hydrogen-bond donors (Lipinski definition) is 1. The van der Waals surface area contributed by atoms with Gasteiger partial charge in [0.2, 0.25) is 0 Å². The molecule has 1 aromatic heterocycles. The number of carbonyl (C=O) groups is 2. The molecule has 0 unspecified atom stereocenters. The minimum Gasteiger partial charge on any atom is -0.495 e. The number of nitrogens with zero attached hydrogens (tertiary/aromatic N) is 2. The van der Waals surface area contributed by atoms with Gasteiger partial charge in [-0.2, -0.15) is 0 Å². The summed E-state index contributed by atoms with van der Waals surface area (Å²) in [7, 11) is -2.46. The summed E-state index contributed by atoms with van der Waals surface area (Å²) in [6, 6.07) is 15.8. The van der Waals surface area contributed by atoms with Gasteiger partial charge < -0.3 is 9.84 Å². The Kier molecular flexibility index (Phi) is 10.5. The number of benzene rings is 3. The van der Waals surface area contributed by atoms with Gasteiger partial charge >= 0.3 is 5.97 Å². The molecule has 4 aromatic rings. The molecule has 44 heavy (non-hydrogen) atoms. The molecule has 0 saturated heterocycles. The highest BCUT2D eigenvalue weighted by molar-refractivity contribution is 7.98. The van der Waals surface area contributed by atoms with E-state index >= 15 is 0 Å². The van der Waals surface area contributed by atoms with E-state index in [2.05, 4.69) is 4.98 Å². The van der Waals surface area contributed by atoms with Gasteiger partial charge in [0.25, 0.3) is 0 Å². The molecule has 0 aliphatic heterocycles. The van der Waals surface area contributed by atoms with E-state index in [1.165, 1.54) is 36.0 Å². The molecule has 0 radical (unpaired) electrons. The fourth-order valence-electron chi connectivity index (χ4n) is 4.51. The quantitative estimate of drug-likeness (QED) is 0.148. The summed E-state index contributed by atoms with van der Waals surface area (Å²) in [6.45, 7) is 4.06. The van der Waals surface area contributed by atoms with Crippen LogP contribution in [0.3, 0.4) is 0 Å². The number of imidazole rings is 1. The third-order valence-corrected chi connectivity index (χ3v) is 10.4. The zero-order valence-corrected chi connectivity index (χ0v) is 27.2. The predicted octanol–water partition coefficient (Wildman–Crippen LogP) is 7.15. The maximum Gasteiger partial charge on any atom is 0.303 e. The number of hydrogen-bond acceptors (Lipinski definition) is 7. The van der Waals surface area contributed by atoms with Gasteiger partial charge in [0.05, 0.1) is 35.3 Å². The van der Waals surface area contributed by atoms with Crippen LogP contribution in [0.5, 0.6) is 5.75 Å². The van der Waals surface area contributed by atoms with Gasteiger partial charge in [-0.3, -0.25) is 14.2 Å². The van der Waals surface area contributed by atoms with Crippen LogP contribution in [0.25, 0.3) is 5.69 Å². The van der Waals surface area contributed by atoms with Gasteiger partial charge in [0.15, 0.2) is 15.0 Å². The molecular weight excluding hydrogens is 650 g/mol. The number of methoxy groups -OCH3 is 1. The highest BCUT2D eigenvalue weighted by Crippen LogP contribution is 2.39. The first-order valence-corrected chi connectivity index (χ1v) is 16.7. The van der Waals surface area contributed by atoms with Crippen LogP contribution in [-0.4, -0.2) is 47.7 Å². The Labute approximate surface area is 269 Å². The van der Waals surface area contributed by atoms with Crippen molar-refractivity contribution in [3.05, 3.63) is 99.5 Å². The van der Waals surface area contributed by atoms with Crippen LogP contribution in [0.4, 0.5) is 4.39 Å². The monoisotopic (exact) mass is 678 g/mol. The number of Topliss-reactive ketones (excluding diaryl/α,β-unsaturated/α-hetero) is 1. The summed E-state index contributed by atoms with van der Waals surface area (Å²) in [5.41, 5.74) is 2.46. The van der Waals surface area contributed by atoms with E-state index in [-0.39, 0.29) is 22.2 Å². The summed E-state index contributed by atoms with van der Waals surface area (Å²) >= 11 is 14.1. The molecule has 232 valence electrons. The number of ether oxygens (including phenoxy) is 1. The van der Waals surface area contributed by atoms with Gasteiger partial charge in [-0.25, -0.2) is 17.8 Å². The van der Waals surface area contributed by atoms with Crippen LogP contribution < -0.4 is 4.74 Å². The Morgan fingerprint density at radius 3 is 2.36 bits per heavy atom. The van der Waals surface area contributed by atoms with E-state index in [0.717, 1.165) is 11.3 Å². The number of halogens is 3. The lowest BCUT2D eigenvalue weighted by atomic mass is 9.81. The first-order valence-electron chi connectivity index (χ1n) is 13.3. The topological polar surface area (TPSA) is 116 Å². The summed E-state index contributed by atoms with van der Waals surface area (Å²) < 4.78 is 46.7. The molecule has 13 heteroatoms. The van der Waals surface area contributed by atoms with Crippen molar-refractivity contribution in [2.24, 2.45) is 0 Å². The Morgan fingerprint density at radius 2 is 1.73 bits per heavy atom. The minimum atomic E-state index is -4.01. The van der Waals surface area contributed by atoms with Crippen LogP contribution in [0.15, 0.2) is 76.9 Å². The van der Waals surface area contributed by atoms with Gasteiger partial charge in [-0.05, 0) is 59.7 Å². The Bertz CT molecular complexity index is 1810. The molecular formula is C31H29Cl2FN2O6S2. The van der Waals surface area contributed by atoms with Crippen LogP contribution >= 0.6 is 35.0 Å². The number of ketones is 1. The number of thioether (sulfide) groups is 1. The van der Waals surface area contributed by atoms with E-state index in [1.54, 1.807) is 37.6 Å². The molecule has 0 atom stereocenters. The van der Waals surface area contributed by atoms with E-state index in [0.29, 0.717) is 32.9 Å². The third-order valence-electron chi connectivity index (χ3n) is 7.04. The summed E-state index contributed by atoms with van der Waals surface area (Å²) in [5, 5.41) is 10.0. The molecule has 0 saturated carbocycles. The van der Waals surface area contributed by atoms with Crippen LogP contribution in [0.2, 0.25) is 10.0 Å². The smallest absolute Gasteiger partial charge is 0.303 e. The Morgan fingerprint density at radius 1 is 1.02 bits per heavy atom. The lowest BCUT2D eigenvalue weighted by molar-refractivity contribution is -0.138. The Balaban J connectivity index is 1.63. The molecule has 1 heterocycles. The molecule has 0 aliphatic rings. The van der Waals surface area contributed by atoms with Crippen molar-refractivity contribution in [3.63, 3.8) is 0 Å². The van der Waals surface area contributed by atoms with Crippen molar-refractivity contribution < 1.29 is 32.2 Å². The fourth-order valence-corrected chi connectivity index (χ4v) is 7.40. The van der Waals surface area contributed by atoms with Crippen molar-refractivity contribution >= 4 is 56.6 Å². The first-order chi connectivity index (χ1) is 20.7. The predicted molar refractivity (Wildman–Crippen MR) is 169 cm³/mol. The molecule has 3 aromatic carbocycles. The lowest BCUT2D eigenvalue weighted by Crippen LogP contribution is -2.23. The molecule has 0 spiro atoms. The summed E-state index contributed by atoms with van der Waals surface area (Å²) in [4.78, 5) is 27.3. The van der Waals surface area contributed by atoms with Crippen LogP contribution in [0, 0.1) is 5.82 Å². The second kappa shape index (κ2) is 13.7. The van der Waals surface area contributed by atoms with E-state index in [9.17, 15) is 22.4 Å². The van der Waals surface area contributed by atoms with E-state index in [1.807, 2.05) is 30.5 Å². The number of carboxylic acid groups (broad SMARTS) is 1. The molecule has 0 amide bonds. The third kappa shape index (κ3) is 7.63. The molecule has 1 N–H and O–H groups in total. The van der Waals surface area contributed by atoms with Gasteiger partial charge in [0.1, 0.15) is 23.1 Å². The number of carboxylic acids is 1. The standard InChI is InChI=1S/C31H29Cl2FN2O6S2/c1-31(2,20-5-12-25(32)27(14-20)42-3)28-16-35-30(36(28)22-8-6-21(34)7-9-22)43-17-19-4-11-24(15-26(19)33)44(40,41)18-23(37)10-13-29(38)39/h4-9,11-12,14-16H,10,13,17-18H2,1-3H3,(H,38,39). The average molecular weight is 680 g/mol. The molecule has 0 aliphatic carbocycles. The van der Waals surface area contributed by atoms with Gasteiger partial charge in [-0.15, -0.1) is 0 Å². The van der Waals surface area contributed by atoms with Crippen LogP contribution in [-0.2, 0) is 30.6 Å². The number of sulfone groups is 1. The zero-order valence-electron chi connectivity index (χ0n) is 24.0. The summed E-state index contributed by atoms with van der Waals surface area (Å²) in [5.74, 6) is -2.20. The SMILES string of the molecule is COc1cc(C(C)(C)c2cnc(SCc3ccc(S(=O)(=O)CC(=O)CCC(=O)O)cc3Cl)n2-c2ccc(F)cc2)ccc1Cl. The number of aliphatic carboxylic acids is 1. The maximum absolute atomic E-state index is 13.9. The minimum absolute atomic E-state index is 0.129. The fraction of sp³-hybridized carbons (Fsp3) is 0.258. The highest BCUT2D eigenvalue weighted by atomic mass is 35.5. The number of aromatic nitrogens is 2. The number of carbonyl (C=O) groups excluding carboxylic acids is 1. The summed E-state index contributed by atoms with van der Waals surface area (Å²) in [6.07, 6.45) is 0.944. The zero-order chi connectivity index (χ0) is 32.2.